The molecule has 13 aromatic rings. The summed E-state index contributed by atoms with van der Waals surface area (Å²) >= 11 is 0. The molecule has 0 aliphatic rings. The first-order valence-corrected chi connectivity index (χ1v) is 22.6. The molecule has 13 rings (SSSR count). The molecule has 8 nitrogen and oxygen atoms in total. The molecule has 9 heterocycles. The van der Waals surface area contributed by atoms with Crippen LogP contribution in [-0.4, -0.2) is 39.9 Å². The number of hydrogen-bond acceptors (Lipinski definition) is 6. The molecule has 0 radical (unpaired) electrons. The molecule has 0 spiro atoms. The van der Waals surface area contributed by atoms with E-state index in [1.165, 1.54) is 0 Å². The Kier molecular flexibility index (Phi) is 6.87. The summed E-state index contributed by atoms with van der Waals surface area (Å²) in [5.41, 5.74) is 11.5. The van der Waals surface area contributed by atoms with Crippen LogP contribution in [0, 0.1) is 0 Å². The molecule has 0 fully saturated rings. The van der Waals surface area contributed by atoms with Gasteiger partial charge in [-0.15, -0.1) is 0 Å². The van der Waals surface area contributed by atoms with E-state index in [0.29, 0.717) is 0 Å². The highest BCUT2D eigenvalue weighted by Crippen LogP contribution is 2.51. The second-order valence-electron chi connectivity index (χ2n) is 22.6. The van der Waals surface area contributed by atoms with Gasteiger partial charge in [0.2, 0.25) is 0 Å². The van der Waals surface area contributed by atoms with Gasteiger partial charge in [0.1, 0.15) is 0 Å². The van der Waals surface area contributed by atoms with Crippen LogP contribution in [0.3, 0.4) is 0 Å². The molecule has 2 N–H and O–H groups in total. The van der Waals surface area contributed by atoms with Gasteiger partial charge in [0, 0.05) is 156 Å². The first-order chi connectivity index (χ1) is 30.3. The Morgan fingerprint density at radius 1 is 0.297 bits per heavy atom. The van der Waals surface area contributed by atoms with E-state index in [1.54, 1.807) is 0 Å². The van der Waals surface area contributed by atoms with Crippen molar-refractivity contribution in [2.24, 2.45) is 0 Å². The lowest BCUT2D eigenvalue weighted by Crippen LogP contribution is -2.12. The molecule has 0 atom stereocenters. The summed E-state index contributed by atoms with van der Waals surface area (Å²) in [5, 5.41) is 17.8. The number of pyridine rings is 4. The Labute approximate surface area is 369 Å². The molecule has 0 amide bonds. The highest BCUT2D eigenvalue weighted by Gasteiger charge is 2.29. The maximum Gasteiger partial charge on any atom is 0.0823 e. The van der Waals surface area contributed by atoms with Crippen LogP contribution in [-0.2, 0) is 21.7 Å². The minimum Gasteiger partial charge on any atom is -0.354 e. The van der Waals surface area contributed by atoms with E-state index < -0.39 is 0 Å². The van der Waals surface area contributed by atoms with Crippen LogP contribution < -0.4 is 0 Å². The van der Waals surface area contributed by atoms with Crippen molar-refractivity contribution >= 4 is 130 Å². The molecule has 0 aliphatic carbocycles. The summed E-state index contributed by atoms with van der Waals surface area (Å²) in [6.45, 7) is 26.8. The van der Waals surface area contributed by atoms with Gasteiger partial charge in [-0.3, -0.25) is 19.9 Å². The third-order valence-electron chi connectivity index (χ3n) is 14.1. The summed E-state index contributed by atoms with van der Waals surface area (Å²) in [5.74, 6) is 0. The SMILES string of the molecule is CC(C)(C)c1cc2c(cn1)c1c3nc4c(c5ccc([nH]5)c5c6cc(C(C)(C)C)ncc6c6c5nc5c(c7ccc([nH]7)c23)c2cc(C(C)(C)C)ncc2c56)c2cc(C(C)(C)C)ncc2c41. The molecule has 0 saturated heterocycles. The predicted molar refractivity (Wildman–Crippen MR) is 269 cm³/mol. The number of fused-ring (bicyclic) bond motifs is 22. The molecule has 9 aromatic heterocycles. The van der Waals surface area contributed by atoms with Crippen molar-refractivity contribution in [3.63, 3.8) is 0 Å². The standard InChI is InChI=1S/C56H50N8/c1-53(2,3)37-17-25-29(21-57-37)45-46-30-22-58-38(54(4,5)6)18-26(30)43-35-15-16-36(62-35)44-28-20-40(56(10,11)12)60-24-32(28)48-47-31-23-59-39(55(7,8)9)19-27(31)42(51(47)64-52(44)48)34-14-13-33(61-34)41(25)49(45)63-50(43)46/h13-24,61-62H,1-12H3. The van der Waals surface area contributed by atoms with E-state index in [9.17, 15) is 0 Å². The topological polar surface area (TPSA) is 109 Å². The van der Waals surface area contributed by atoms with E-state index in [1.807, 2.05) is 0 Å². The minimum atomic E-state index is -0.149. The third kappa shape index (κ3) is 4.83. The van der Waals surface area contributed by atoms with Crippen molar-refractivity contribution in [2.75, 3.05) is 0 Å². The molecule has 0 saturated carbocycles. The molecule has 8 bridgehead atoms. The smallest absolute Gasteiger partial charge is 0.0823 e. The number of aromatic nitrogens is 8. The molecular weight excluding hydrogens is 785 g/mol. The van der Waals surface area contributed by atoms with Gasteiger partial charge in [-0.2, -0.15) is 0 Å². The summed E-state index contributed by atoms with van der Waals surface area (Å²) in [7, 11) is 0. The molecule has 64 heavy (non-hydrogen) atoms. The summed E-state index contributed by atoms with van der Waals surface area (Å²) in [6, 6.07) is 18.1. The van der Waals surface area contributed by atoms with Crippen LogP contribution in [0.15, 0.2) is 73.3 Å². The zero-order chi connectivity index (χ0) is 44.3. The molecule has 4 aromatic carbocycles. The van der Waals surface area contributed by atoms with Crippen molar-refractivity contribution in [1.29, 1.82) is 0 Å². The van der Waals surface area contributed by atoms with E-state index in [0.717, 1.165) is 153 Å². The van der Waals surface area contributed by atoms with Gasteiger partial charge in [0.15, 0.2) is 0 Å². The first kappa shape index (κ1) is 37.7. The second kappa shape index (κ2) is 11.7. The van der Waals surface area contributed by atoms with Gasteiger partial charge in [-0.05, 0) is 70.1 Å². The molecule has 0 unspecified atom stereocenters. The molecule has 0 aliphatic heterocycles. The van der Waals surface area contributed by atoms with E-state index in [4.69, 9.17) is 29.9 Å². The van der Waals surface area contributed by atoms with E-state index in [2.05, 4.69) is 166 Å². The quantitative estimate of drug-likeness (QED) is 0.157. The van der Waals surface area contributed by atoms with Gasteiger partial charge < -0.3 is 9.97 Å². The Hall–Kier alpha value is -6.80. The molecule has 8 heteroatoms. The van der Waals surface area contributed by atoms with Crippen LogP contribution in [0.25, 0.3) is 130 Å². The second-order valence-corrected chi connectivity index (χ2v) is 22.6. The van der Waals surface area contributed by atoms with Crippen LogP contribution >= 0.6 is 0 Å². The van der Waals surface area contributed by atoms with Crippen molar-refractivity contribution in [1.82, 2.24) is 39.9 Å². The number of nitrogens with one attached hydrogen (secondary N) is 2. The number of hydrogen-bond donors (Lipinski definition) is 2. The van der Waals surface area contributed by atoms with E-state index >= 15 is 0 Å². The number of rotatable bonds is 0. The average molecular weight is 835 g/mol. The maximum atomic E-state index is 5.75. The number of aromatic amines is 2. The van der Waals surface area contributed by atoms with Crippen LogP contribution in [0.1, 0.15) is 106 Å². The fourth-order valence-corrected chi connectivity index (χ4v) is 10.8. The van der Waals surface area contributed by atoms with Gasteiger partial charge >= 0.3 is 0 Å². The number of nitrogens with zero attached hydrogens (tertiary/aromatic N) is 6. The summed E-state index contributed by atoms with van der Waals surface area (Å²) < 4.78 is 0. The van der Waals surface area contributed by atoms with Crippen molar-refractivity contribution in [2.45, 2.75) is 105 Å². The van der Waals surface area contributed by atoms with E-state index in [-0.39, 0.29) is 21.7 Å². The predicted octanol–water partition coefficient (Wildman–Crippen LogP) is 14.6. The van der Waals surface area contributed by atoms with Gasteiger partial charge in [-0.1, -0.05) is 83.1 Å². The Balaban J connectivity index is 1.33. The maximum absolute atomic E-state index is 5.75. The fraction of sp³-hybridized carbons (Fsp3) is 0.286. The zero-order valence-corrected chi connectivity index (χ0v) is 38.6. The lowest BCUT2D eigenvalue weighted by Gasteiger charge is -2.17. The van der Waals surface area contributed by atoms with Gasteiger partial charge in [0.05, 0.1) is 22.1 Å². The van der Waals surface area contributed by atoms with Crippen LogP contribution in [0.2, 0.25) is 0 Å². The first-order valence-electron chi connectivity index (χ1n) is 22.6. The van der Waals surface area contributed by atoms with Crippen molar-refractivity contribution in [3.05, 3.63) is 96.1 Å². The van der Waals surface area contributed by atoms with Crippen LogP contribution in [0.4, 0.5) is 0 Å². The highest BCUT2D eigenvalue weighted by molar-refractivity contribution is 6.45. The average Bonchev–Trinajstić information content (AvgIpc) is 4.08. The van der Waals surface area contributed by atoms with Crippen molar-refractivity contribution < 1.29 is 0 Å². The fourth-order valence-electron chi connectivity index (χ4n) is 10.8. The Morgan fingerprint density at radius 2 is 0.516 bits per heavy atom. The van der Waals surface area contributed by atoms with Gasteiger partial charge in [-0.25, -0.2) is 9.97 Å². The van der Waals surface area contributed by atoms with Gasteiger partial charge in [0.25, 0.3) is 0 Å². The number of H-pyrrole nitrogens is 2. The lowest BCUT2D eigenvalue weighted by atomic mass is 9.90. The Bertz CT molecular complexity index is 3680. The summed E-state index contributed by atoms with van der Waals surface area (Å²) in [6.07, 6.45) is 8.35. The Morgan fingerprint density at radius 3 is 0.719 bits per heavy atom. The normalized spacial score (nSPS) is 13.9. The lowest BCUT2D eigenvalue weighted by molar-refractivity contribution is 0.570. The highest BCUT2D eigenvalue weighted by atomic mass is 14.8. The minimum absolute atomic E-state index is 0.149. The summed E-state index contributed by atoms with van der Waals surface area (Å²) in [4.78, 5) is 40.1. The molecule has 314 valence electrons. The molecular formula is C56H50N8. The third-order valence-corrected chi connectivity index (χ3v) is 14.1. The van der Waals surface area contributed by atoms with Crippen LogP contribution in [0.5, 0.6) is 0 Å². The zero-order valence-electron chi connectivity index (χ0n) is 38.6. The monoisotopic (exact) mass is 834 g/mol. The van der Waals surface area contributed by atoms with Crippen molar-refractivity contribution in [3.8, 4) is 0 Å². The largest absolute Gasteiger partial charge is 0.354 e.